The van der Waals surface area contributed by atoms with Gasteiger partial charge in [0.05, 0.1) is 0 Å². The number of ether oxygens (including phenoxy) is 1. The zero-order valence-electron chi connectivity index (χ0n) is 11.2. The van der Waals surface area contributed by atoms with Crippen molar-refractivity contribution in [1.82, 2.24) is 5.32 Å². The first kappa shape index (κ1) is 13.6. The van der Waals surface area contributed by atoms with Gasteiger partial charge < -0.3 is 10.1 Å². The summed E-state index contributed by atoms with van der Waals surface area (Å²) in [7, 11) is 0. The van der Waals surface area contributed by atoms with Crippen LogP contribution < -0.4 is 10.1 Å². The molecule has 102 valence electrons. The van der Waals surface area contributed by atoms with Crippen LogP contribution >= 0.6 is 0 Å². The number of amides is 1. The predicted octanol–water partition coefficient (Wildman–Crippen LogP) is 2.11. The third-order valence-corrected chi connectivity index (χ3v) is 3.25. The van der Waals surface area contributed by atoms with Gasteiger partial charge in [0.25, 0.3) is 5.91 Å². The monoisotopic (exact) mass is 261 g/mol. The molecule has 4 nitrogen and oxygen atoms in total. The molecule has 19 heavy (non-hydrogen) atoms. The van der Waals surface area contributed by atoms with E-state index in [-0.39, 0.29) is 18.3 Å². The van der Waals surface area contributed by atoms with Crippen LogP contribution in [0.4, 0.5) is 0 Å². The van der Waals surface area contributed by atoms with Gasteiger partial charge in [0, 0.05) is 24.1 Å². The number of hydrogen-bond acceptors (Lipinski definition) is 3. The van der Waals surface area contributed by atoms with Crippen LogP contribution in [0.5, 0.6) is 5.75 Å². The second-order valence-electron chi connectivity index (χ2n) is 4.70. The number of ketones is 1. The summed E-state index contributed by atoms with van der Waals surface area (Å²) in [4.78, 5) is 23.1. The number of Topliss-reactive ketones (excluding diaryl/α,β-unsaturated/α-hetero) is 1. The van der Waals surface area contributed by atoms with Crippen LogP contribution in [0.3, 0.4) is 0 Å². The second kappa shape index (κ2) is 6.36. The van der Waals surface area contributed by atoms with E-state index in [0.717, 1.165) is 24.0 Å². The zero-order chi connectivity index (χ0) is 13.7. The lowest BCUT2D eigenvalue weighted by atomic mass is 10.1. The van der Waals surface area contributed by atoms with Crippen molar-refractivity contribution in [3.8, 4) is 5.75 Å². The quantitative estimate of drug-likeness (QED) is 0.798. The summed E-state index contributed by atoms with van der Waals surface area (Å²) < 4.78 is 5.53. The molecule has 0 heterocycles. The molecule has 1 aromatic carbocycles. The van der Waals surface area contributed by atoms with E-state index in [9.17, 15) is 9.59 Å². The fourth-order valence-electron chi connectivity index (χ4n) is 2.19. The highest BCUT2D eigenvalue weighted by molar-refractivity contribution is 6.01. The summed E-state index contributed by atoms with van der Waals surface area (Å²) in [5.74, 6) is 0.706. The van der Waals surface area contributed by atoms with Crippen molar-refractivity contribution in [2.45, 2.75) is 32.6 Å². The zero-order valence-corrected chi connectivity index (χ0v) is 11.2. The number of rotatable bonds is 6. The molecule has 0 saturated carbocycles. The Morgan fingerprint density at radius 2 is 2.21 bits per heavy atom. The minimum absolute atomic E-state index is 0.00829. The summed E-state index contributed by atoms with van der Waals surface area (Å²) in [5.41, 5.74) is 1.68. The van der Waals surface area contributed by atoms with E-state index in [2.05, 4.69) is 12.2 Å². The molecule has 4 heteroatoms. The van der Waals surface area contributed by atoms with Crippen molar-refractivity contribution < 1.29 is 14.3 Å². The van der Waals surface area contributed by atoms with Gasteiger partial charge in [-0.05, 0) is 18.9 Å². The Labute approximate surface area is 113 Å². The van der Waals surface area contributed by atoms with Crippen LogP contribution in [0.2, 0.25) is 0 Å². The largest absolute Gasteiger partial charge is 0.483 e. The summed E-state index contributed by atoms with van der Waals surface area (Å²) in [6.45, 7) is 2.77. The van der Waals surface area contributed by atoms with Crippen LogP contribution in [0.25, 0.3) is 0 Å². The van der Waals surface area contributed by atoms with Crippen molar-refractivity contribution in [2.75, 3.05) is 13.2 Å². The number of carbonyl (C=O) groups is 2. The lowest BCUT2D eigenvalue weighted by Crippen LogP contribution is -2.29. The van der Waals surface area contributed by atoms with Gasteiger partial charge in [0.2, 0.25) is 0 Å². The van der Waals surface area contributed by atoms with Crippen LogP contribution in [0.15, 0.2) is 18.2 Å². The number of benzene rings is 1. The third-order valence-electron chi connectivity index (χ3n) is 3.25. The standard InChI is InChI=1S/C15H19NO3/c1-2-3-9-16-15(18)10-19-14-6-4-5-11-12(14)7-8-13(11)17/h4-6H,2-3,7-10H2,1H3,(H,16,18). The lowest BCUT2D eigenvalue weighted by Gasteiger charge is -2.10. The van der Waals surface area contributed by atoms with Crippen molar-refractivity contribution in [3.05, 3.63) is 29.3 Å². The van der Waals surface area contributed by atoms with Gasteiger partial charge in [-0.15, -0.1) is 0 Å². The van der Waals surface area contributed by atoms with Crippen LogP contribution in [-0.2, 0) is 11.2 Å². The van der Waals surface area contributed by atoms with Gasteiger partial charge >= 0.3 is 0 Å². The summed E-state index contributed by atoms with van der Waals surface area (Å²) in [5, 5.41) is 2.80. The Bertz CT molecular complexity index is 482. The van der Waals surface area contributed by atoms with E-state index < -0.39 is 0 Å². The van der Waals surface area contributed by atoms with Gasteiger partial charge in [-0.25, -0.2) is 0 Å². The molecule has 1 aliphatic rings. The van der Waals surface area contributed by atoms with Gasteiger partial charge in [0.1, 0.15) is 5.75 Å². The van der Waals surface area contributed by atoms with Crippen LogP contribution in [0, 0.1) is 0 Å². The molecule has 1 N–H and O–H groups in total. The molecule has 0 radical (unpaired) electrons. The van der Waals surface area contributed by atoms with Crippen LogP contribution in [-0.4, -0.2) is 24.8 Å². The maximum absolute atomic E-state index is 11.6. The molecule has 0 bridgehead atoms. The molecule has 0 aromatic heterocycles. The maximum atomic E-state index is 11.6. The summed E-state index contributed by atoms with van der Waals surface area (Å²) >= 11 is 0. The molecule has 0 atom stereocenters. The van der Waals surface area contributed by atoms with E-state index in [1.807, 2.05) is 12.1 Å². The van der Waals surface area contributed by atoms with Crippen molar-refractivity contribution in [3.63, 3.8) is 0 Å². The molecule has 1 aliphatic carbocycles. The Hall–Kier alpha value is -1.84. The number of fused-ring (bicyclic) bond motifs is 1. The first-order valence-corrected chi connectivity index (χ1v) is 6.77. The van der Waals surface area contributed by atoms with E-state index in [0.29, 0.717) is 25.1 Å². The fraction of sp³-hybridized carbons (Fsp3) is 0.467. The normalized spacial score (nSPS) is 13.2. The molecule has 0 fully saturated rings. The molecule has 2 rings (SSSR count). The van der Waals surface area contributed by atoms with Gasteiger partial charge in [-0.2, -0.15) is 0 Å². The third kappa shape index (κ3) is 3.34. The molecule has 1 aromatic rings. The fourth-order valence-corrected chi connectivity index (χ4v) is 2.19. The molecule has 0 unspecified atom stereocenters. The topological polar surface area (TPSA) is 55.4 Å². The van der Waals surface area contributed by atoms with Crippen molar-refractivity contribution in [1.29, 1.82) is 0 Å². The number of carbonyl (C=O) groups excluding carboxylic acids is 2. The minimum Gasteiger partial charge on any atom is -0.483 e. The van der Waals surface area contributed by atoms with Gasteiger partial charge in [0.15, 0.2) is 12.4 Å². The molecular formula is C15H19NO3. The highest BCUT2D eigenvalue weighted by Crippen LogP contribution is 2.30. The van der Waals surface area contributed by atoms with E-state index in [1.54, 1.807) is 6.07 Å². The van der Waals surface area contributed by atoms with Gasteiger partial charge in [-0.3, -0.25) is 9.59 Å². The van der Waals surface area contributed by atoms with Crippen molar-refractivity contribution >= 4 is 11.7 Å². The molecule has 1 amide bonds. The Morgan fingerprint density at radius 1 is 1.37 bits per heavy atom. The lowest BCUT2D eigenvalue weighted by molar-refractivity contribution is -0.123. The van der Waals surface area contributed by atoms with E-state index >= 15 is 0 Å². The predicted molar refractivity (Wildman–Crippen MR) is 72.5 cm³/mol. The van der Waals surface area contributed by atoms with Crippen LogP contribution in [0.1, 0.15) is 42.1 Å². The summed E-state index contributed by atoms with van der Waals surface area (Å²) in [6.07, 6.45) is 3.27. The number of unbranched alkanes of at least 4 members (excludes halogenated alkanes) is 1. The highest BCUT2D eigenvalue weighted by atomic mass is 16.5. The molecule has 0 saturated heterocycles. The van der Waals surface area contributed by atoms with E-state index in [4.69, 9.17) is 4.74 Å². The second-order valence-corrected chi connectivity index (χ2v) is 4.70. The Balaban J connectivity index is 1.90. The smallest absolute Gasteiger partial charge is 0.257 e. The first-order valence-electron chi connectivity index (χ1n) is 6.77. The van der Waals surface area contributed by atoms with Gasteiger partial charge in [-0.1, -0.05) is 25.5 Å². The summed E-state index contributed by atoms with van der Waals surface area (Å²) in [6, 6.07) is 5.43. The average Bonchev–Trinajstić information content (AvgIpc) is 2.79. The minimum atomic E-state index is -0.115. The first-order chi connectivity index (χ1) is 9.22. The molecule has 0 aliphatic heterocycles. The number of hydrogen-bond donors (Lipinski definition) is 1. The number of nitrogens with one attached hydrogen (secondary N) is 1. The Kier molecular flexibility index (Phi) is 4.55. The highest BCUT2D eigenvalue weighted by Gasteiger charge is 2.22. The average molecular weight is 261 g/mol. The van der Waals surface area contributed by atoms with Crippen molar-refractivity contribution in [2.24, 2.45) is 0 Å². The molecule has 0 spiro atoms. The SMILES string of the molecule is CCCCNC(=O)COc1cccc2c1CCC2=O. The van der Waals surface area contributed by atoms with E-state index in [1.165, 1.54) is 0 Å². The molecular weight excluding hydrogens is 242 g/mol. The maximum Gasteiger partial charge on any atom is 0.257 e. The Morgan fingerprint density at radius 3 is 3.00 bits per heavy atom.